The summed E-state index contributed by atoms with van der Waals surface area (Å²) >= 11 is 0.997. The largest absolute Gasteiger partial charge is 0.508 e. The minimum Gasteiger partial charge on any atom is -0.508 e. The monoisotopic (exact) mass is 443 g/mol. The van der Waals surface area contributed by atoms with Crippen molar-refractivity contribution in [2.75, 3.05) is 5.32 Å². The Morgan fingerprint density at radius 2 is 2.03 bits per heavy atom. The normalized spacial score (nSPS) is 17.5. The third-order valence-corrected chi connectivity index (χ3v) is 5.26. The van der Waals surface area contributed by atoms with Gasteiger partial charge in [0, 0.05) is 24.1 Å². The molecule has 1 aliphatic rings. The lowest BCUT2D eigenvalue weighted by molar-refractivity contribution is -0.383. The number of hydrogen-bond acceptors (Lipinski definition) is 9. The van der Waals surface area contributed by atoms with Crippen molar-refractivity contribution in [3.05, 3.63) is 58.1 Å². The van der Waals surface area contributed by atoms with E-state index in [0.717, 1.165) is 11.8 Å². The molecule has 1 aliphatic heterocycles. The summed E-state index contributed by atoms with van der Waals surface area (Å²) in [5.41, 5.74) is 0.502. The summed E-state index contributed by atoms with van der Waals surface area (Å²) in [6.45, 7) is 1.59. The number of aromatic hydroxyl groups is 2. The molecule has 1 heterocycles. The Morgan fingerprint density at radius 3 is 2.74 bits per heavy atom. The third kappa shape index (κ3) is 5.36. The van der Waals surface area contributed by atoms with Gasteiger partial charge in [-0.15, -0.1) is 5.10 Å². The van der Waals surface area contributed by atoms with Gasteiger partial charge in [-0.3, -0.25) is 19.7 Å². The number of para-hydroxylation sites is 2. The number of carbonyl (C=O) groups is 2. The molecule has 0 aromatic heterocycles. The zero-order valence-electron chi connectivity index (χ0n) is 16.1. The lowest BCUT2D eigenvalue weighted by atomic mass is 10.1. The molecule has 160 valence electrons. The topological polar surface area (TPSA) is 167 Å². The van der Waals surface area contributed by atoms with Crippen molar-refractivity contribution in [3.8, 4) is 11.5 Å². The number of nitro benzene ring substituents is 1. The van der Waals surface area contributed by atoms with Crippen LogP contribution >= 0.6 is 11.8 Å². The minimum atomic E-state index is -0.779. The quantitative estimate of drug-likeness (QED) is 0.302. The third-order valence-electron chi connectivity index (χ3n) is 4.18. The first kappa shape index (κ1) is 21.8. The highest BCUT2D eigenvalue weighted by Crippen LogP contribution is 2.27. The van der Waals surface area contributed by atoms with E-state index in [-0.39, 0.29) is 34.5 Å². The second-order valence-electron chi connectivity index (χ2n) is 6.41. The van der Waals surface area contributed by atoms with Crippen molar-refractivity contribution in [1.82, 2.24) is 5.32 Å². The van der Waals surface area contributed by atoms with Crippen LogP contribution in [0.3, 0.4) is 0 Å². The van der Waals surface area contributed by atoms with Gasteiger partial charge >= 0.3 is 0 Å². The van der Waals surface area contributed by atoms with Crippen molar-refractivity contribution in [3.63, 3.8) is 0 Å². The van der Waals surface area contributed by atoms with Crippen molar-refractivity contribution < 1.29 is 24.7 Å². The van der Waals surface area contributed by atoms with E-state index in [4.69, 9.17) is 0 Å². The molecular formula is C19H17N5O6S. The standard InChI is InChI=1S/C19H17N5O6S/c1-10(12-7-6-11(25)8-15(12)26)22-23-19-21-18(28)16(31-19)9-17(27)20-13-4-2-3-5-14(13)24(29)30/h2-8,16,25-26H,9H2,1H3,(H,20,27)(H,21,23,28)/b22-10+. The molecule has 0 bridgehead atoms. The second-order valence-corrected chi connectivity index (χ2v) is 7.61. The summed E-state index contributed by atoms with van der Waals surface area (Å²) in [7, 11) is 0. The maximum Gasteiger partial charge on any atom is 0.292 e. The molecule has 31 heavy (non-hydrogen) atoms. The molecule has 12 heteroatoms. The number of hydrogen-bond donors (Lipinski definition) is 4. The Bertz CT molecular complexity index is 1120. The number of benzene rings is 2. The zero-order valence-corrected chi connectivity index (χ0v) is 16.9. The summed E-state index contributed by atoms with van der Waals surface area (Å²) < 4.78 is 0. The Morgan fingerprint density at radius 1 is 1.29 bits per heavy atom. The van der Waals surface area contributed by atoms with Crippen LogP contribution in [0.15, 0.2) is 52.7 Å². The zero-order chi connectivity index (χ0) is 22.5. The Hall–Kier alpha value is -3.93. The van der Waals surface area contributed by atoms with Crippen LogP contribution in [-0.4, -0.2) is 43.1 Å². The van der Waals surface area contributed by atoms with E-state index in [9.17, 15) is 29.9 Å². The van der Waals surface area contributed by atoms with Crippen molar-refractivity contribution in [2.24, 2.45) is 10.2 Å². The fourth-order valence-electron chi connectivity index (χ4n) is 2.69. The lowest BCUT2D eigenvalue weighted by Gasteiger charge is -2.07. The molecule has 0 aliphatic carbocycles. The number of carbonyl (C=O) groups excluding carboxylic acids is 2. The first-order chi connectivity index (χ1) is 14.7. The fourth-order valence-corrected chi connectivity index (χ4v) is 3.61. The average molecular weight is 443 g/mol. The number of amidine groups is 1. The van der Waals surface area contributed by atoms with Gasteiger partial charge in [0.1, 0.15) is 22.4 Å². The molecule has 2 amide bonds. The first-order valence-corrected chi connectivity index (χ1v) is 9.78. The lowest BCUT2D eigenvalue weighted by Crippen LogP contribution is -2.28. The van der Waals surface area contributed by atoms with Gasteiger partial charge in [0.05, 0.1) is 10.6 Å². The van der Waals surface area contributed by atoms with Crippen LogP contribution in [0.25, 0.3) is 0 Å². The molecule has 4 N–H and O–H groups in total. The number of thioether (sulfide) groups is 1. The van der Waals surface area contributed by atoms with E-state index in [0.29, 0.717) is 11.3 Å². The highest BCUT2D eigenvalue weighted by atomic mass is 32.2. The van der Waals surface area contributed by atoms with Gasteiger partial charge < -0.3 is 20.8 Å². The van der Waals surface area contributed by atoms with E-state index in [1.807, 2.05) is 0 Å². The van der Waals surface area contributed by atoms with Crippen LogP contribution in [0, 0.1) is 10.1 Å². The number of phenolic OH excluding ortho intramolecular Hbond substituents is 2. The first-order valence-electron chi connectivity index (χ1n) is 8.90. The summed E-state index contributed by atoms with van der Waals surface area (Å²) in [5.74, 6) is -1.27. The number of rotatable bonds is 6. The van der Waals surface area contributed by atoms with Crippen LogP contribution < -0.4 is 10.6 Å². The number of nitro groups is 1. The van der Waals surface area contributed by atoms with E-state index in [1.165, 1.54) is 36.4 Å². The molecule has 1 unspecified atom stereocenters. The number of amides is 2. The van der Waals surface area contributed by atoms with Crippen LogP contribution in [0.1, 0.15) is 18.9 Å². The summed E-state index contributed by atoms with van der Waals surface area (Å²) in [6.07, 6.45) is -0.219. The van der Waals surface area contributed by atoms with E-state index in [1.54, 1.807) is 13.0 Å². The van der Waals surface area contributed by atoms with Gasteiger partial charge in [0.2, 0.25) is 11.8 Å². The number of nitrogens with one attached hydrogen (secondary N) is 2. The maximum atomic E-state index is 12.3. The molecule has 0 radical (unpaired) electrons. The van der Waals surface area contributed by atoms with Crippen molar-refractivity contribution >= 4 is 45.8 Å². The van der Waals surface area contributed by atoms with Crippen LogP contribution in [0.5, 0.6) is 11.5 Å². The molecule has 2 aromatic rings. The van der Waals surface area contributed by atoms with Gasteiger partial charge in [0.25, 0.3) is 5.69 Å². The number of anilines is 1. The van der Waals surface area contributed by atoms with Crippen molar-refractivity contribution in [1.29, 1.82) is 0 Å². The molecule has 2 aromatic carbocycles. The van der Waals surface area contributed by atoms with Gasteiger partial charge in [-0.1, -0.05) is 23.9 Å². The predicted molar refractivity (Wildman–Crippen MR) is 115 cm³/mol. The molecular weight excluding hydrogens is 426 g/mol. The molecule has 1 atom stereocenters. The smallest absolute Gasteiger partial charge is 0.292 e. The molecule has 1 saturated heterocycles. The molecule has 11 nitrogen and oxygen atoms in total. The van der Waals surface area contributed by atoms with Gasteiger partial charge in [-0.05, 0) is 25.1 Å². The SMILES string of the molecule is C/C(=N\N=C1\NC(=O)C(CC(=O)Nc2ccccc2[N+](=O)[O-])S1)c1ccc(O)cc1O. The van der Waals surface area contributed by atoms with E-state index in [2.05, 4.69) is 20.8 Å². The highest BCUT2D eigenvalue weighted by molar-refractivity contribution is 8.15. The van der Waals surface area contributed by atoms with Gasteiger partial charge in [-0.2, -0.15) is 5.10 Å². The second kappa shape index (κ2) is 9.26. The fraction of sp³-hybridized carbons (Fsp3) is 0.158. The van der Waals surface area contributed by atoms with Gasteiger partial charge in [-0.25, -0.2) is 0 Å². The predicted octanol–water partition coefficient (Wildman–Crippen LogP) is 2.35. The Kier molecular flexibility index (Phi) is 6.50. The van der Waals surface area contributed by atoms with Gasteiger partial charge in [0.15, 0.2) is 5.17 Å². The molecule has 0 spiro atoms. The maximum absolute atomic E-state index is 12.3. The molecule has 1 fully saturated rings. The molecule has 3 rings (SSSR count). The Labute approximate surface area is 180 Å². The summed E-state index contributed by atoms with van der Waals surface area (Å²) in [4.78, 5) is 34.8. The van der Waals surface area contributed by atoms with E-state index < -0.39 is 22.0 Å². The number of nitrogens with zero attached hydrogens (tertiary/aromatic N) is 3. The van der Waals surface area contributed by atoms with Crippen LogP contribution in [0.2, 0.25) is 0 Å². The molecule has 0 saturated carbocycles. The summed E-state index contributed by atoms with van der Waals surface area (Å²) in [6, 6.07) is 9.73. The summed E-state index contributed by atoms with van der Waals surface area (Å²) in [5, 5.41) is 42.5. The van der Waals surface area contributed by atoms with Crippen molar-refractivity contribution in [2.45, 2.75) is 18.6 Å². The Balaban J connectivity index is 1.65. The van der Waals surface area contributed by atoms with Crippen LogP contribution in [-0.2, 0) is 9.59 Å². The number of phenols is 2. The van der Waals surface area contributed by atoms with Crippen LogP contribution in [0.4, 0.5) is 11.4 Å². The van der Waals surface area contributed by atoms with E-state index >= 15 is 0 Å². The average Bonchev–Trinajstić information content (AvgIpc) is 3.05. The highest BCUT2D eigenvalue weighted by Gasteiger charge is 2.32. The minimum absolute atomic E-state index is 0.0451.